The molecule has 252 valence electrons. The number of esters is 2. The molecule has 4 aromatic rings. The molecule has 1 atom stereocenters. The molecular weight excluding hydrogens is 665 g/mol. The molecule has 3 N–H and O–H groups in total. The van der Waals surface area contributed by atoms with Crippen LogP contribution in [0, 0.1) is 0 Å². The third-order valence-corrected chi connectivity index (χ3v) is 10.4. The predicted molar refractivity (Wildman–Crippen MR) is 187 cm³/mol. The number of imide groups is 1. The monoisotopic (exact) mass is 698 g/mol. The van der Waals surface area contributed by atoms with Crippen LogP contribution in [-0.2, 0) is 43.4 Å². The van der Waals surface area contributed by atoms with Crippen LogP contribution in [0.3, 0.4) is 0 Å². The van der Waals surface area contributed by atoms with E-state index in [9.17, 15) is 24.0 Å². The predicted octanol–water partition coefficient (Wildman–Crippen LogP) is 5.29. The quantitative estimate of drug-likeness (QED) is 0.120. The zero-order valence-electron chi connectivity index (χ0n) is 26.7. The van der Waals surface area contributed by atoms with E-state index >= 15 is 0 Å². The number of amides is 3. The van der Waals surface area contributed by atoms with Gasteiger partial charge in [-0.1, -0.05) is 36.4 Å². The number of nitrogens with two attached hydrogens (primary N) is 1. The van der Waals surface area contributed by atoms with E-state index in [-0.39, 0.29) is 30.4 Å². The molecule has 0 spiro atoms. The lowest BCUT2D eigenvalue weighted by molar-refractivity contribution is -0.121. The first-order valence-corrected chi connectivity index (χ1v) is 17.4. The van der Waals surface area contributed by atoms with E-state index in [0.29, 0.717) is 34.9 Å². The molecular formula is C36H34N4O7S2. The van der Waals surface area contributed by atoms with Crippen molar-refractivity contribution in [3.63, 3.8) is 0 Å². The summed E-state index contributed by atoms with van der Waals surface area (Å²) in [5.41, 5.74) is 9.27. The number of carbonyl (C=O) groups is 5. The second-order valence-electron chi connectivity index (χ2n) is 11.5. The van der Waals surface area contributed by atoms with E-state index in [4.69, 9.17) is 15.2 Å². The number of thiophene rings is 1. The summed E-state index contributed by atoms with van der Waals surface area (Å²) in [6.07, 6.45) is 0.665. The summed E-state index contributed by atoms with van der Waals surface area (Å²) in [4.78, 5) is 69.7. The SMILES string of the molecule is CCOC(=O)c1c(NC(=O)COC(=O)c2ccc(N3C(=O)CC(Sc4cccc(N)c4)C3=O)cc2)sc2c1CCN(Cc1ccccc1)C2. The first-order chi connectivity index (χ1) is 23.7. The first kappa shape index (κ1) is 33.9. The van der Waals surface area contributed by atoms with Crippen LogP contribution in [0.2, 0.25) is 0 Å². The van der Waals surface area contributed by atoms with E-state index in [1.165, 1.54) is 52.9 Å². The largest absolute Gasteiger partial charge is 0.462 e. The fourth-order valence-corrected chi connectivity index (χ4v) is 8.20. The molecule has 3 amide bonds. The van der Waals surface area contributed by atoms with Crippen molar-refractivity contribution in [3.8, 4) is 0 Å². The van der Waals surface area contributed by atoms with Crippen molar-refractivity contribution in [1.29, 1.82) is 0 Å². The zero-order valence-corrected chi connectivity index (χ0v) is 28.3. The number of hydrogen-bond donors (Lipinski definition) is 2. The lowest BCUT2D eigenvalue weighted by Crippen LogP contribution is -2.31. The zero-order chi connectivity index (χ0) is 34.5. The number of carbonyl (C=O) groups excluding carboxylic acids is 5. The van der Waals surface area contributed by atoms with Crippen molar-refractivity contribution in [3.05, 3.63) is 106 Å². The van der Waals surface area contributed by atoms with Gasteiger partial charge in [0.2, 0.25) is 11.8 Å². The number of benzene rings is 3. The number of nitrogens with zero attached hydrogens (tertiary/aromatic N) is 2. The summed E-state index contributed by atoms with van der Waals surface area (Å²) in [6, 6.07) is 23.1. The summed E-state index contributed by atoms with van der Waals surface area (Å²) in [7, 11) is 0. The summed E-state index contributed by atoms with van der Waals surface area (Å²) < 4.78 is 10.6. The Hall–Kier alpha value is -4.98. The maximum Gasteiger partial charge on any atom is 0.341 e. The third-order valence-electron chi connectivity index (χ3n) is 8.05. The fraction of sp³-hybridized carbons (Fsp3) is 0.250. The van der Waals surface area contributed by atoms with Crippen molar-refractivity contribution in [1.82, 2.24) is 4.90 Å². The average molecular weight is 699 g/mol. The second kappa shape index (κ2) is 15.1. The molecule has 0 radical (unpaired) electrons. The number of nitrogens with one attached hydrogen (secondary N) is 1. The molecule has 1 unspecified atom stereocenters. The van der Waals surface area contributed by atoms with Gasteiger partial charge in [0.05, 0.1) is 28.7 Å². The van der Waals surface area contributed by atoms with Gasteiger partial charge in [-0.15, -0.1) is 23.1 Å². The average Bonchev–Trinajstić information content (AvgIpc) is 3.58. The molecule has 3 aromatic carbocycles. The van der Waals surface area contributed by atoms with Gasteiger partial charge in [0.15, 0.2) is 6.61 Å². The molecule has 1 fully saturated rings. The summed E-state index contributed by atoms with van der Waals surface area (Å²) >= 11 is 2.60. The topological polar surface area (TPSA) is 148 Å². The lowest BCUT2D eigenvalue weighted by Gasteiger charge is -2.27. The highest BCUT2D eigenvalue weighted by molar-refractivity contribution is 8.00. The Balaban J connectivity index is 1.06. The highest BCUT2D eigenvalue weighted by Gasteiger charge is 2.40. The van der Waals surface area contributed by atoms with Gasteiger partial charge in [-0.05, 0) is 66.9 Å². The van der Waals surface area contributed by atoms with Gasteiger partial charge in [-0.25, -0.2) is 14.5 Å². The molecule has 1 aromatic heterocycles. The van der Waals surface area contributed by atoms with Crippen molar-refractivity contribution in [2.75, 3.05) is 35.7 Å². The van der Waals surface area contributed by atoms with Crippen molar-refractivity contribution >= 4 is 69.1 Å². The molecule has 2 aliphatic rings. The molecule has 11 nitrogen and oxygen atoms in total. The number of fused-ring (bicyclic) bond motifs is 1. The summed E-state index contributed by atoms with van der Waals surface area (Å²) in [5, 5.41) is 2.52. The Kier molecular flexibility index (Phi) is 10.4. The number of anilines is 3. The maximum atomic E-state index is 13.1. The molecule has 0 saturated carbocycles. The number of ether oxygens (including phenoxy) is 2. The van der Waals surface area contributed by atoms with E-state index in [2.05, 4.69) is 22.3 Å². The Bertz CT molecular complexity index is 1890. The lowest BCUT2D eigenvalue weighted by atomic mass is 10.0. The van der Waals surface area contributed by atoms with Gasteiger partial charge in [0.1, 0.15) is 5.00 Å². The first-order valence-electron chi connectivity index (χ1n) is 15.7. The number of hydrogen-bond acceptors (Lipinski definition) is 11. The van der Waals surface area contributed by atoms with Crippen LogP contribution in [0.5, 0.6) is 0 Å². The van der Waals surface area contributed by atoms with Crippen molar-refractivity contribution < 1.29 is 33.4 Å². The van der Waals surface area contributed by atoms with Crippen LogP contribution < -0.4 is 16.0 Å². The number of thioether (sulfide) groups is 1. The van der Waals surface area contributed by atoms with Crippen molar-refractivity contribution in [2.24, 2.45) is 0 Å². The van der Waals surface area contributed by atoms with Crippen LogP contribution in [0.4, 0.5) is 16.4 Å². The van der Waals surface area contributed by atoms with Crippen LogP contribution in [-0.4, -0.2) is 59.6 Å². The smallest absolute Gasteiger partial charge is 0.341 e. The minimum atomic E-state index is -0.761. The summed E-state index contributed by atoms with van der Waals surface area (Å²) in [6.45, 7) is 3.46. The van der Waals surface area contributed by atoms with Crippen molar-refractivity contribution in [2.45, 2.75) is 43.0 Å². The summed E-state index contributed by atoms with van der Waals surface area (Å²) in [5.74, 6) is -2.57. The molecule has 49 heavy (non-hydrogen) atoms. The molecule has 3 heterocycles. The molecule has 13 heteroatoms. The minimum absolute atomic E-state index is 0.0360. The van der Waals surface area contributed by atoms with Gasteiger partial charge >= 0.3 is 11.9 Å². The van der Waals surface area contributed by atoms with E-state index in [1.807, 2.05) is 24.3 Å². The van der Waals surface area contributed by atoms with E-state index in [1.54, 1.807) is 25.1 Å². The number of rotatable bonds is 11. The Morgan fingerprint density at radius 3 is 2.49 bits per heavy atom. The molecule has 0 bridgehead atoms. The normalized spacial score (nSPS) is 15.9. The van der Waals surface area contributed by atoms with Gasteiger partial charge in [0, 0.05) is 41.5 Å². The highest BCUT2D eigenvalue weighted by atomic mass is 32.2. The highest BCUT2D eigenvalue weighted by Crippen LogP contribution is 2.38. The van der Waals surface area contributed by atoms with Crippen LogP contribution in [0.25, 0.3) is 0 Å². The van der Waals surface area contributed by atoms with Gasteiger partial charge in [0.25, 0.3) is 5.91 Å². The maximum absolute atomic E-state index is 13.1. The van der Waals surface area contributed by atoms with E-state index < -0.39 is 29.7 Å². The molecule has 6 rings (SSSR count). The number of nitrogen functional groups attached to an aromatic ring is 1. The second-order valence-corrected chi connectivity index (χ2v) is 13.9. The van der Waals surface area contributed by atoms with Crippen LogP contribution in [0.1, 0.15) is 50.1 Å². The third kappa shape index (κ3) is 7.85. The Labute approximate surface area is 291 Å². The molecule has 0 aliphatic carbocycles. The van der Waals surface area contributed by atoms with Gasteiger partial charge in [-0.2, -0.15) is 0 Å². The van der Waals surface area contributed by atoms with Crippen LogP contribution >= 0.6 is 23.1 Å². The van der Waals surface area contributed by atoms with Gasteiger partial charge in [-0.3, -0.25) is 19.3 Å². The fourth-order valence-electron chi connectivity index (χ4n) is 5.78. The molecule has 1 saturated heterocycles. The Morgan fingerprint density at radius 2 is 1.76 bits per heavy atom. The van der Waals surface area contributed by atoms with E-state index in [0.717, 1.165) is 33.3 Å². The van der Waals surface area contributed by atoms with Crippen LogP contribution in [0.15, 0.2) is 83.8 Å². The minimum Gasteiger partial charge on any atom is -0.462 e. The standard InChI is InChI=1S/C36H34N4O7S2/c1-2-46-36(45)32-27-15-16-39(19-22-7-4-3-5-8-22)20-29(27)49-33(32)38-30(41)21-47-35(44)23-11-13-25(14-12-23)40-31(42)18-28(34(40)43)48-26-10-6-9-24(37)17-26/h3-14,17,28H,2,15-16,18-21,37H2,1H3,(H,38,41). The molecule has 2 aliphatic heterocycles. The van der Waals surface area contributed by atoms with Gasteiger partial charge < -0.3 is 20.5 Å². The Morgan fingerprint density at radius 1 is 0.980 bits per heavy atom.